The van der Waals surface area contributed by atoms with E-state index >= 15 is 0 Å². The summed E-state index contributed by atoms with van der Waals surface area (Å²) in [6.45, 7) is 5.55. The van der Waals surface area contributed by atoms with Gasteiger partial charge in [-0.2, -0.15) is 0 Å². The minimum atomic E-state index is 0.191. The van der Waals surface area contributed by atoms with Crippen molar-refractivity contribution in [2.45, 2.75) is 19.8 Å². The molecule has 0 N–H and O–H groups in total. The first-order chi connectivity index (χ1) is 4.85. The average molecular weight is 138 g/mol. The molecule has 1 unspecified atom stereocenters. The maximum absolute atomic E-state index is 10.3. The normalized spacial score (nSPS) is 13.3. The van der Waals surface area contributed by atoms with Crippen molar-refractivity contribution >= 4 is 6.29 Å². The first-order valence-electron chi connectivity index (χ1n) is 3.58. The van der Waals surface area contributed by atoms with Crippen molar-refractivity contribution in [2.75, 3.05) is 0 Å². The average Bonchev–Trinajstić information content (AvgIpc) is 1.99. The third-order valence-corrected chi connectivity index (χ3v) is 1.43. The van der Waals surface area contributed by atoms with Crippen LogP contribution < -0.4 is 0 Å². The highest BCUT2D eigenvalue weighted by molar-refractivity contribution is 5.53. The van der Waals surface area contributed by atoms with Crippen LogP contribution in [0.5, 0.6) is 0 Å². The summed E-state index contributed by atoms with van der Waals surface area (Å²) in [7, 11) is 0. The molecule has 0 radical (unpaired) electrons. The second kappa shape index (κ2) is 6.27. The van der Waals surface area contributed by atoms with E-state index in [1.807, 2.05) is 19.1 Å². The fourth-order valence-electron chi connectivity index (χ4n) is 0.668. The minimum absolute atomic E-state index is 0.191. The first-order valence-corrected chi connectivity index (χ1v) is 3.58. The summed E-state index contributed by atoms with van der Waals surface area (Å²) in [5, 5.41) is 0. The van der Waals surface area contributed by atoms with E-state index in [1.165, 1.54) is 0 Å². The Kier molecular flexibility index (Phi) is 5.74. The second-order valence-corrected chi connectivity index (χ2v) is 2.20. The van der Waals surface area contributed by atoms with E-state index < -0.39 is 0 Å². The van der Waals surface area contributed by atoms with Gasteiger partial charge in [0.05, 0.1) is 0 Å². The van der Waals surface area contributed by atoms with E-state index in [-0.39, 0.29) is 5.92 Å². The highest BCUT2D eigenvalue weighted by Gasteiger charge is 1.98. The largest absolute Gasteiger partial charge is 0.303 e. The fraction of sp³-hybridized carbons (Fsp3) is 0.444. The zero-order valence-electron chi connectivity index (χ0n) is 6.42. The van der Waals surface area contributed by atoms with Gasteiger partial charge in [-0.3, -0.25) is 0 Å². The quantitative estimate of drug-likeness (QED) is 0.421. The van der Waals surface area contributed by atoms with Crippen molar-refractivity contribution < 1.29 is 4.79 Å². The summed E-state index contributed by atoms with van der Waals surface area (Å²) < 4.78 is 0. The van der Waals surface area contributed by atoms with Gasteiger partial charge < -0.3 is 4.79 Å². The van der Waals surface area contributed by atoms with Crippen LogP contribution in [0.2, 0.25) is 0 Å². The molecule has 0 amide bonds. The zero-order valence-corrected chi connectivity index (χ0v) is 6.42. The van der Waals surface area contributed by atoms with Crippen molar-refractivity contribution in [3.8, 4) is 0 Å². The molecule has 0 aromatic heterocycles. The third kappa shape index (κ3) is 4.07. The summed E-state index contributed by atoms with van der Waals surface area (Å²) in [4.78, 5) is 10.3. The van der Waals surface area contributed by atoms with E-state index in [1.54, 1.807) is 6.08 Å². The van der Waals surface area contributed by atoms with Gasteiger partial charge in [-0.1, -0.05) is 31.7 Å². The van der Waals surface area contributed by atoms with Crippen LogP contribution in [0.1, 0.15) is 19.8 Å². The van der Waals surface area contributed by atoms with Gasteiger partial charge in [-0.15, -0.1) is 0 Å². The van der Waals surface area contributed by atoms with Crippen LogP contribution in [0.25, 0.3) is 0 Å². The van der Waals surface area contributed by atoms with Gasteiger partial charge in [-0.25, -0.2) is 0 Å². The Morgan fingerprint density at radius 3 is 2.70 bits per heavy atom. The van der Waals surface area contributed by atoms with Gasteiger partial charge in [0.25, 0.3) is 0 Å². The van der Waals surface area contributed by atoms with Crippen molar-refractivity contribution in [3.63, 3.8) is 0 Å². The van der Waals surface area contributed by atoms with Crippen LogP contribution in [0.3, 0.4) is 0 Å². The fourth-order valence-corrected chi connectivity index (χ4v) is 0.668. The molecular weight excluding hydrogens is 124 g/mol. The molecule has 10 heavy (non-hydrogen) atoms. The Bertz CT molecular complexity index is 125. The van der Waals surface area contributed by atoms with E-state index in [2.05, 4.69) is 6.58 Å². The van der Waals surface area contributed by atoms with Crippen molar-refractivity contribution in [3.05, 3.63) is 24.8 Å². The molecule has 0 rings (SSSR count). The Balaban J connectivity index is 3.52. The Morgan fingerprint density at radius 2 is 2.30 bits per heavy atom. The molecule has 1 nitrogen and oxygen atoms in total. The molecule has 0 heterocycles. The topological polar surface area (TPSA) is 17.1 Å². The smallest absolute Gasteiger partial charge is 0.123 e. The molecule has 1 atom stereocenters. The van der Waals surface area contributed by atoms with Crippen LogP contribution in [0.4, 0.5) is 0 Å². The lowest BCUT2D eigenvalue weighted by molar-refractivity contribution is -0.111. The molecule has 0 bridgehead atoms. The summed E-state index contributed by atoms with van der Waals surface area (Å²) in [5.74, 6) is 0.191. The van der Waals surface area contributed by atoms with E-state index in [0.717, 1.165) is 19.1 Å². The Hall–Kier alpha value is -0.850. The number of rotatable bonds is 5. The maximum atomic E-state index is 10.3. The molecule has 0 saturated heterocycles. The highest BCUT2D eigenvalue weighted by Crippen LogP contribution is 2.04. The second-order valence-electron chi connectivity index (χ2n) is 2.20. The van der Waals surface area contributed by atoms with Gasteiger partial charge in [0, 0.05) is 5.92 Å². The van der Waals surface area contributed by atoms with Gasteiger partial charge >= 0.3 is 0 Å². The van der Waals surface area contributed by atoms with Gasteiger partial charge in [0.15, 0.2) is 0 Å². The third-order valence-electron chi connectivity index (χ3n) is 1.43. The van der Waals surface area contributed by atoms with E-state index in [0.29, 0.717) is 0 Å². The van der Waals surface area contributed by atoms with Gasteiger partial charge in [-0.05, 0) is 12.8 Å². The lowest BCUT2D eigenvalue weighted by atomic mass is 10.0. The lowest BCUT2D eigenvalue weighted by Gasteiger charge is -1.99. The zero-order chi connectivity index (χ0) is 7.82. The molecule has 0 aliphatic carbocycles. The molecule has 1 heteroatoms. The first kappa shape index (κ1) is 9.15. The molecule has 0 aromatic rings. The monoisotopic (exact) mass is 138 g/mol. The molecule has 0 spiro atoms. The summed E-state index contributed by atoms with van der Waals surface area (Å²) in [6, 6.07) is 0. The van der Waals surface area contributed by atoms with Crippen LogP contribution >= 0.6 is 0 Å². The number of hydrogen-bond donors (Lipinski definition) is 0. The van der Waals surface area contributed by atoms with Crippen molar-refractivity contribution in [1.82, 2.24) is 0 Å². The van der Waals surface area contributed by atoms with E-state index in [9.17, 15) is 4.79 Å². The maximum Gasteiger partial charge on any atom is 0.123 e. The summed E-state index contributed by atoms with van der Waals surface area (Å²) in [5.41, 5.74) is 0. The number of carbonyl (C=O) groups excluding carboxylic acids is 1. The summed E-state index contributed by atoms with van der Waals surface area (Å²) >= 11 is 0. The van der Waals surface area contributed by atoms with Gasteiger partial charge in [0.2, 0.25) is 0 Å². The highest BCUT2D eigenvalue weighted by atomic mass is 16.1. The molecule has 0 fully saturated rings. The molecule has 0 aromatic carbocycles. The summed E-state index contributed by atoms with van der Waals surface area (Å²) in [6.07, 6.45) is 8.32. The molecule has 56 valence electrons. The number of hydrogen-bond acceptors (Lipinski definition) is 1. The van der Waals surface area contributed by atoms with Gasteiger partial charge in [0.1, 0.15) is 6.29 Å². The lowest BCUT2D eigenvalue weighted by Crippen LogP contribution is -1.96. The molecular formula is C9H14O. The molecule has 0 aliphatic rings. The molecule has 0 aliphatic heterocycles. The predicted molar refractivity (Wildman–Crippen MR) is 43.8 cm³/mol. The van der Waals surface area contributed by atoms with Crippen molar-refractivity contribution in [2.24, 2.45) is 5.92 Å². The molecule has 0 saturated carbocycles. The Labute approximate surface area is 62.4 Å². The van der Waals surface area contributed by atoms with Crippen LogP contribution in [0, 0.1) is 5.92 Å². The number of carbonyl (C=O) groups is 1. The van der Waals surface area contributed by atoms with Crippen LogP contribution in [-0.4, -0.2) is 6.29 Å². The van der Waals surface area contributed by atoms with Crippen LogP contribution in [0.15, 0.2) is 24.8 Å². The number of aldehydes is 1. The predicted octanol–water partition coefficient (Wildman–Crippen LogP) is 2.34. The van der Waals surface area contributed by atoms with E-state index in [4.69, 9.17) is 0 Å². The van der Waals surface area contributed by atoms with Crippen molar-refractivity contribution in [1.29, 1.82) is 0 Å². The number of allylic oxidation sites excluding steroid dienone is 3. The minimum Gasteiger partial charge on any atom is -0.303 e. The van der Waals surface area contributed by atoms with Crippen LogP contribution in [-0.2, 0) is 4.79 Å². The Morgan fingerprint density at radius 1 is 1.60 bits per heavy atom. The SMILES string of the molecule is C=CC=CCC(C=O)CC. The standard InChI is InChI=1S/C9H14O/c1-3-5-6-7-9(4-2)8-10/h3,5-6,8-9H,1,4,7H2,2H3.